The van der Waals surface area contributed by atoms with E-state index in [1.165, 1.54) is 5.56 Å². The molecule has 0 saturated heterocycles. The smallest absolute Gasteiger partial charge is 0.0781 e. The van der Waals surface area contributed by atoms with Crippen molar-refractivity contribution in [1.82, 2.24) is 0 Å². The second-order valence-electron chi connectivity index (χ2n) is 3.79. The van der Waals surface area contributed by atoms with Crippen molar-refractivity contribution < 1.29 is 5.11 Å². The van der Waals surface area contributed by atoms with E-state index in [9.17, 15) is 5.11 Å². The largest absolute Gasteiger partial charge is 0.398 e. The van der Waals surface area contributed by atoms with Crippen molar-refractivity contribution in [3.8, 4) is 0 Å². The molecular formula is C12H18ClNO. The molecule has 84 valence electrons. The number of nitrogens with two attached hydrogens (primary N) is 1. The van der Waals surface area contributed by atoms with E-state index in [0.29, 0.717) is 11.6 Å². The molecule has 0 bridgehead atoms. The minimum Gasteiger partial charge on any atom is -0.398 e. The summed E-state index contributed by atoms with van der Waals surface area (Å²) in [5.74, 6) is 0.710. The molecule has 3 heteroatoms. The molecule has 0 aliphatic carbocycles. The first kappa shape index (κ1) is 12.3. The van der Waals surface area contributed by atoms with Crippen molar-refractivity contribution in [2.45, 2.75) is 32.3 Å². The number of anilines is 1. The summed E-state index contributed by atoms with van der Waals surface area (Å²) < 4.78 is 0. The first-order valence-corrected chi connectivity index (χ1v) is 5.81. The van der Waals surface area contributed by atoms with Crippen molar-refractivity contribution in [2.24, 2.45) is 0 Å². The van der Waals surface area contributed by atoms with Gasteiger partial charge in [0.1, 0.15) is 0 Å². The molecule has 1 rings (SSSR count). The molecule has 1 atom stereocenters. The highest BCUT2D eigenvalue weighted by atomic mass is 35.5. The van der Waals surface area contributed by atoms with Gasteiger partial charge in [-0.1, -0.05) is 12.1 Å². The van der Waals surface area contributed by atoms with E-state index in [-0.39, 0.29) is 0 Å². The Kier molecular flexibility index (Phi) is 4.92. The number of hydrogen-bond acceptors (Lipinski definition) is 2. The molecule has 1 aromatic rings. The lowest BCUT2D eigenvalue weighted by Crippen LogP contribution is -1.99. The zero-order valence-corrected chi connectivity index (χ0v) is 9.80. The molecule has 0 aliphatic heterocycles. The summed E-state index contributed by atoms with van der Waals surface area (Å²) in [6, 6.07) is 5.86. The number of benzene rings is 1. The van der Waals surface area contributed by atoms with E-state index in [1.807, 2.05) is 18.2 Å². The van der Waals surface area contributed by atoms with Gasteiger partial charge in [0.2, 0.25) is 0 Å². The van der Waals surface area contributed by atoms with Gasteiger partial charge in [-0.05, 0) is 37.8 Å². The lowest BCUT2D eigenvalue weighted by molar-refractivity contribution is 0.200. The van der Waals surface area contributed by atoms with Crippen LogP contribution in [0, 0.1) is 0 Å². The van der Waals surface area contributed by atoms with E-state index in [1.54, 1.807) is 6.92 Å². The minimum absolute atomic E-state index is 0.498. The van der Waals surface area contributed by atoms with Crippen LogP contribution in [0.25, 0.3) is 0 Å². The quantitative estimate of drug-likeness (QED) is 0.462. The third-order valence-electron chi connectivity index (χ3n) is 2.45. The Morgan fingerprint density at radius 2 is 2.13 bits per heavy atom. The van der Waals surface area contributed by atoms with Crippen LogP contribution in [0.2, 0.25) is 0 Å². The molecule has 0 radical (unpaired) electrons. The number of aryl methyl sites for hydroxylation is 1. The fourth-order valence-electron chi connectivity index (χ4n) is 1.58. The molecule has 3 N–H and O–H groups in total. The Balaban J connectivity index is 2.65. The number of hydrogen-bond donors (Lipinski definition) is 2. The second-order valence-corrected chi connectivity index (χ2v) is 4.16. The van der Waals surface area contributed by atoms with E-state index in [0.717, 1.165) is 24.8 Å². The molecule has 0 heterocycles. The first-order valence-electron chi connectivity index (χ1n) is 5.27. The maximum atomic E-state index is 9.41. The summed E-state index contributed by atoms with van der Waals surface area (Å²) in [7, 11) is 0. The Morgan fingerprint density at radius 3 is 2.67 bits per heavy atom. The molecule has 2 nitrogen and oxygen atoms in total. The predicted molar refractivity (Wildman–Crippen MR) is 65.1 cm³/mol. The molecule has 0 aliphatic rings. The summed E-state index contributed by atoms with van der Waals surface area (Å²) in [6.07, 6.45) is 2.61. The van der Waals surface area contributed by atoms with Gasteiger partial charge in [-0.15, -0.1) is 11.6 Å². The molecule has 0 saturated carbocycles. The van der Waals surface area contributed by atoms with Gasteiger partial charge in [0, 0.05) is 17.1 Å². The van der Waals surface area contributed by atoms with Crippen LogP contribution >= 0.6 is 11.6 Å². The zero-order valence-electron chi connectivity index (χ0n) is 9.04. The lowest BCUT2D eigenvalue weighted by atomic mass is 10.0. The van der Waals surface area contributed by atoms with Crippen molar-refractivity contribution in [1.29, 1.82) is 0 Å². The Bertz CT molecular complexity index is 312. The highest BCUT2D eigenvalue weighted by Gasteiger charge is 2.05. The van der Waals surface area contributed by atoms with Crippen LogP contribution in [-0.2, 0) is 6.42 Å². The number of halogens is 1. The summed E-state index contributed by atoms with van der Waals surface area (Å²) >= 11 is 5.61. The van der Waals surface area contributed by atoms with Crippen molar-refractivity contribution in [2.75, 3.05) is 11.6 Å². The third-order valence-corrected chi connectivity index (χ3v) is 2.72. The van der Waals surface area contributed by atoms with Crippen LogP contribution in [0.15, 0.2) is 18.2 Å². The van der Waals surface area contributed by atoms with Crippen LogP contribution in [-0.4, -0.2) is 11.0 Å². The summed E-state index contributed by atoms with van der Waals surface area (Å²) in [4.78, 5) is 0. The Labute approximate surface area is 96.1 Å². The fraction of sp³-hybridized carbons (Fsp3) is 0.500. The maximum Gasteiger partial charge on any atom is 0.0781 e. The van der Waals surface area contributed by atoms with Gasteiger partial charge in [-0.3, -0.25) is 0 Å². The van der Waals surface area contributed by atoms with Crippen LogP contribution in [0.3, 0.4) is 0 Å². The molecule has 0 unspecified atom stereocenters. The molecule has 0 fully saturated rings. The van der Waals surface area contributed by atoms with Crippen molar-refractivity contribution >= 4 is 17.3 Å². The summed E-state index contributed by atoms with van der Waals surface area (Å²) in [5.41, 5.74) is 8.53. The van der Waals surface area contributed by atoms with Crippen LogP contribution < -0.4 is 5.73 Å². The number of aliphatic hydroxyl groups is 1. The van der Waals surface area contributed by atoms with E-state index in [2.05, 4.69) is 0 Å². The van der Waals surface area contributed by atoms with Crippen molar-refractivity contribution in [3.05, 3.63) is 29.3 Å². The second kappa shape index (κ2) is 5.99. The van der Waals surface area contributed by atoms with Gasteiger partial charge in [-0.2, -0.15) is 0 Å². The Morgan fingerprint density at radius 1 is 1.40 bits per heavy atom. The van der Waals surface area contributed by atoms with Crippen LogP contribution in [0.5, 0.6) is 0 Å². The molecular weight excluding hydrogens is 210 g/mol. The van der Waals surface area contributed by atoms with Crippen LogP contribution in [0.1, 0.15) is 37.0 Å². The average molecular weight is 228 g/mol. The van der Waals surface area contributed by atoms with Gasteiger partial charge in [0.25, 0.3) is 0 Å². The van der Waals surface area contributed by atoms with Crippen LogP contribution in [0.4, 0.5) is 5.69 Å². The average Bonchev–Trinajstić information content (AvgIpc) is 2.17. The number of unbranched alkanes of at least 4 members (excludes halogenated alkanes) is 1. The number of nitrogen functional groups attached to an aromatic ring is 1. The third kappa shape index (κ3) is 3.73. The number of aliphatic hydroxyl groups excluding tert-OH is 1. The molecule has 0 spiro atoms. The lowest BCUT2D eigenvalue weighted by Gasteiger charge is -2.10. The summed E-state index contributed by atoms with van der Waals surface area (Å²) in [5, 5.41) is 9.41. The Hall–Kier alpha value is -0.730. The van der Waals surface area contributed by atoms with Gasteiger partial charge in [0.15, 0.2) is 0 Å². The number of rotatable bonds is 5. The van der Waals surface area contributed by atoms with Gasteiger partial charge >= 0.3 is 0 Å². The van der Waals surface area contributed by atoms with E-state index < -0.39 is 6.10 Å². The zero-order chi connectivity index (χ0) is 11.3. The van der Waals surface area contributed by atoms with Gasteiger partial charge < -0.3 is 10.8 Å². The highest BCUT2D eigenvalue weighted by molar-refractivity contribution is 6.17. The molecule has 0 amide bonds. The fourth-order valence-corrected chi connectivity index (χ4v) is 1.77. The SMILES string of the molecule is C[C@@H](O)c1ccc(CCCCCl)cc1N. The molecule has 0 aromatic heterocycles. The predicted octanol–water partition coefficient (Wildman–Crippen LogP) is 2.88. The number of alkyl halides is 1. The standard InChI is InChI=1S/C12H18ClNO/c1-9(15)11-6-5-10(8-12(11)14)4-2-3-7-13/h5-6,8-9,15H,2-4,7,14H2,1H3/t9-/m1/s1. The van der Waals surface area contributed by atoms with Gasteiger partial charge in [0.05, 0.1) is 6.10 Å². The highest BCUT2D eigenvalue weighted by Crippen LogP contribution is 2.22. The van der Waals surface area contributed by atoms with Gasteiger partial charge in [-0.25, -0.2) is 0 Å². The maximum absolute atomic E-state index is 9.41. The topological polar surface area (TPSA) is 46.2 Å². The monoisotopic (exact) mass is 227 g/mol. The van der Waals surface area contributed by atoms with E-state index in [4.69, 9.17) is 17.3 Å². The van der Waals surface area contributed by atoms with E-state index >= 15 is 0 Å². The molecule has 15 heavy (non-hydrogen) atoms. The molecule has 1 aromatic carbocycles. The summed E-state index contributed by atoms with van der Waals surface area (Å²) in [6.45, 7) is 1.72. The normalized spacial score (nSPS) is 12.7. The van der Waals surface area contributed by atoms with Crippen molar-refractivity contribution in [3.63, 3.8) is 0 Å². The first-order chi connectivity index (χ1) is 7.15. The minimum atomic E-state index is -0.498.